The number of hydrogen-bond acceptors (Lipinski definition) is 2. The lowest BCUT2D eigenvalue weighted by atomic mass is 9.94. The summed E-state index contributed by atoms with van der Waals surface area (Å²) in [7, 11) is 2.08. The van der Waals surface area contributed by atoms with E-state index in [1.54, 1.807) is 0 Å². The molecule has 2 heteroatoms. The smallest absolute Gasteiger partial charge is 0.119 e. The molecule has 2 fully saturated rings. The third kappa shape index (κ3) is 3.50. The Labute approximate surface area is 116 Å². The first kappa shape index (κ1) is 13.0. The fourth-order valence-electron chi connectivity index (χ4n) is 3.16. The van der Waals surface area contributed by atoms with Gasteiger partial charge in [0.15, 0.2) is 0 Å². The van der Waals surface area contributed by atoms with Crippen molar-refractivity contribution < 1.29 is 4.74 Å². The number of nitrogens with one attached hydrogen (secondary N) is 1. The van der Waals surface area contributed by atoms with Gasteiger partial charge in [-0.05, 0) is 49.9 Å². The summed E-state index contributed by atoms with van der Waals surface area (Å²) in [5.74, 6) is 1.95. The zero-order valence-corrected chi connectivity index (χ0v) is 11.9. The largest absolute Gasteiger partial charge is 0.490 e. The predicted octanol–water partition coefficient (Wildman–Crippen LogP) is 4.07. The molecule has 0 amide bonds. The van der Waals surface area contributed by atoms with Crippen molar-refractivity contribution in [1.82, 2.24) is 5.32 Å². The van der Waals surface area contributed by atoms with Gasteiger partial charge in [0.25, 0.3) is 0 Å². The van der Waals surface area contributed by atoms with Crippen LogP contribution in [0.25, 0.3) is 0 Å². The molecule has 1 unspecified atom stereocenters. The number of rotatable bonds is 6. The minimum atomic E-state index is 0.490. The van der Waals surface area contributed by atoms with E-state index in [1.165, 1.54) is 50.5 Å². The highest BCUT2D eigenvalue weighted by atomic mass is 16.5. The molecule has 2 aliphatic carbocycles. The van der Waals surface area contributed by atoms with Crippen LogP contribution in [0.2, 0.25) is 0 Å². The van der Waals surface area contributed by atoms with Crippen LogP contribution in [0, 0.1) is 5.92 Å². The molecule has 0 aromatic heterocycles. The maximum Gasteiger partial charge on any atom is 0.119 e. The maximum absolute atomic E-state index is 5.81. The van der Waals surface area contributed by atoms with Crippen LogP contribution >= 0.6 is 0 Å². The Morgan fingerprint density at radius 3 is 2.37 bits per heavy atom. The van der Waals surface area contributed by atoms with Gasteiger partial charge in [0, 0.05) is 6.04 Å². The van der Waals surface area contributed by atoms with Crippen LogP contribution in [0.1, 0.15) is 56.6 Å². The fourth-order valence-corrected chi connectivity index (χ4v) is 3.16. The zero-order chi connectivity index (χ0) is 13.1. The Morgan fingerprint density at radius 1 is 1.11 bits per heavy atom. The summed E-state index contributed by atoms with van der Waals surface area (Å²) in [4.78, 5) is 0. The predicted molar refractivity (Wildman–Crippen MR) is 78.5 cm³/mol. The number of benzene rings is 1. The molecule has 0 saturated heterocycles. The Hall–Kier alpha value is -1.02. The van der Waals surface area contributed by atoms with Gasteiger partial charge < -0.3 is 10.1 Å². The van der Waals surface area contributed by atoms with Crippen LogP contribution in [-0.4, -0.2) is 13.2 Å². The minimum Gasteiger partial charge on any atom is -0.490 e. The van der Waals surface area contributed by atoms with Crippen molar-refractivity contribution in [2.24, 2.45) is 5.92 Å². The van der Waals surface area contributed by atoms with E-state index < -0.39 is 0 Å². The van der Waals surface area contributed by atoms with Crippen LogP contribution in [0.15, 0.2) is 24.3 Å². The van der Waals surface area contributed by atoms with E-state index in [4.69, 9.17) is 4.74 Å². The number of hydrogen-bond donors (Lipinski definition) is 1. The Balaban J connectivity index is 1.60. The molecule has 104 valence electrons. The molecular formula is C17H25NO. The summed E-state index contributed by atoms with van der Waals surface area (Å²) in [5.41, 5.74) is 1.40. The van der Waals surface area contributed by atoms with Crippen molar-refractivity contribution in [1.29, 1.82) is 0 Å². The van der Waals surface area contributed by atoms with Crippen LogP contribution in [0.5, 0.6) is 5.75 Å². The van der Waals surface area contributed by atoms with Gasteiger partial charge in [0.05, 0.1) is 6.10 Å². The summed E-state index contributed by atoms with van der Waals surface area (Å²) in [5, 5.41) is 3.48. The lowest BCUT2D eigenvalue weighted by Crippen LogP contribution is -2.19. The first-order valence-corrected chi connectivity index (χ1v) is 7.79. The normalized spacial score (nSPS) is 21.5. The quantitative estimate of drug-likeness (QED) is 0.831. The molecule has 0 heterocycles. The van der Waals surface area contributed by atoms with E-state index in [0.29, 0.717) is 12.1 Å². The molecule has 1 N–H and O–H groups in total. The van der Waals surface area contributed by atoms with Crippen molar-refractivity contribution in [2.75, 3.05) is 7.05 Å². The molecule has 2 saturated carbocycles. The molecule has 1 atom stereocenters. The lowest BCUT2D eigenvalue weighted by molar-refractivity contribution is 0.303. The summed E-state index contributed by atoms with van der Waals surface area (Å²) in [6.07, 6.45) is 9.90. The maximum atomic E-state index is 5.81. The molecule has 1 aromatic rings. The summed E-state index contributed by atoms with van der Waals surface area (Å²) in [6, 6.07) is 9.22. The monoisotopic (exact) mass is 259 g/mol. The van der Waals surface area contributed by atoms with E-state index in [-0.39, 0.29) is 0 Å². The minimum absolute atomic E-state index is 0.490. The van der Waals surface area contributed by atoms with Crippen molar-refractivity contribution in [3.05, 3.63) is 29.8 Å². The van der Waals surface area contributed by atoms with Crippen molar-refractivity contribution >= 4 is 0 Å². The third-order valence-electron chi connectivity index (χ3n) is 4.50. The van der Waals surface area contributed by atoms with Gasteiger partial charge in [-0.25, -0.2) is 0 Å². The van der Waals surface area contributed by atoms with Gasteiger partial charge in [0.1, 0.15) is 5.75 Å². The Bertz CT molecular complexity index is 390. The molecule has 0 radical (unpaired) electrons. The molecule has 1 aromatic carbocycles. The third-order valence-corrected chi connectivity index (χ3v) is 4.50. The molecular weight excluding hydrogens is 234 g/mol. The second-order valence-electron chi connectivity index (χ2n) is 6.11. The second-order valence-corrected chi connectivity index (χ2v) is 6.11. The highest BCUT2D eigenvalue weighted by Crippen LogP contribution is 2.33. The highest BCUT2D eigenvalue weighted by Gasteiger charge is 2.24. The van der Waals surface area contributed by atoms with Gasteiger partial charge in [0.2, 0.25) is 0 Å². The summed E-state index contributed by atoms with van der Waals surface area (Å²) >= 11 is 0. The SMILES string of the molecule is CNC(CC1CCCC1)c1ccc(OC2CC2)cc1. The van der Waals surface area contributed by atoms with Crippen molar-refractivity contribution in [3.8, 4) is 5.75 Å². The van der Waals surface area contributed by atoms with Gasteiger partial charge in [-0.15, -0.1) is 0 Å². The van der Waals surface area contributed by atoms with Gasteiger partial charge >= 0.3 is 0 Å². The first-order chi connectivity index (χ1) is 9.35. The van der Waals surface area contributed by atoms with Crippen LogP contribution in [-0.2, 0) is 0 Å². The highest BCUT2D eigenvalue weighted by molar-refractivity contribution is 5.29. The lowest BCUT2D eigenvalue weighted by Gasteiger charge is -2.20. The van der Waals surface area contributed by atoms with E-state index in [0.717, 1.165) is 11.7 Å². The van der Waals surface area contributed by atoms with Crippen LogP contribution < -0.4 is 10.1 Å². The van der Waals surface area contributed by atoms with E-state index in [9.17, 15) is 0 Å². The molecule has 2 aliphatic rings. The van der Waals surface area contributed by atoms with Crippen LogP contribution in [0.3, 0.4) is 0 Å². The Kier molecular flexibility index (Phi) is 4.07. The fraction of sp³-hybridized carbons (Fsp3) is 0.647. The van der Waals surface area contributed by atoms with Crippen LogP contribution in [0.4, 0.5) is 0 Å². The summed E-state index contributed by atoms with van der Waals surface area (Å²) in [6.45, 7) is 0. The van der Waals surface area contributed by atoms with Gasteiger partial charge in [-0.3, -0.25) is 0 Å². The topological polar surface area (TPSA) is 21.3 Å². The van der Waals surface area contributed by atoms with Gasteiger partial charge in [-0.1, -0.05) is 37.8 Å². The summed E-state index contributed by atoms with van der Waals surface area (Å²) < 4.78 is 5.81. The number of ether oxygens (including phenoxy) is 1. The van der Waals surface area contributed by atoms with E-state index >= 15 is 0 Å². The molecule has 2 nitrogen and oxygen atoms in total. The molecule has 0 bridgehead atoms. The van der Waals surface area contributed by atoms with E-state index in [2.05, 4.69) is 36.6 Å². The van der Waals surface area contributed by atoms with Crippen molar-refractivity contribution in [2.45, 2.75) is 57.1 Å². The molecule has 0 spiro atoms. The van der Waals surface area contributed by atoms with Crippen molar-refractivity contribution in [3.63, 3.8) is 0 Å². The molecule has 19 heavy (non-hydrogen) atoms. The molecule has 0 aliphatic heterocycles. The Morgan fingerprint density at radius 2 is 1.79 bits per heavy atom. The average molecular weight is 259 g/mol. The second kappa shape index (κ2) is 5.96. The standard InChI is InChI=1S/C17H25NO/c1-18-17(12-13-4-2-3-5-13)14-6-8-15(9-7-14)19-16-10-11-16/h6-9,13,16-18H,2-5,10-12H2,1H3. The molecule has 3 rings (SSSR count). The average Bonchev–Trinajstić information content (AvgIpc) is 3.10. The first-order valence-electron chi connectivity index (χ1n) is 7.79. The van der Waals surface area contributed by atoms with Gasteiger partial charge in [-0.2, -0.15) is 0 Å². The zero-order valence-electron chi connectivity index (χ0n) is 11.9. The van der Waals surface area contributed by atoms with E-state index in [1.807, 2.05) is 0 Å².